The quantitative estimate of drug-likeness (QED) is 0.870. The maximum atomic E-state index is 12.6. The van der Waals surface area contributed by atoms with Crippen molar-refractivity contribution in [3.63, 3.8) is 0 Å². The predicted octanol–water partition coefficient (Wildman–Crippen LogP) is 0.816. The van der Waals surface area contributed by atoms with Crippen molar-refractivity contribution in [2.45, 2.75) is 23.8 Å². The first-order valence-electron chi connectivity index (χ1n) is 6.48. The Morgan fingerprint density at radius 2 is 2.00 bits per heavy atom. The van der Waals surface area contributed by atoms with Gasteiger partial charge in [-0.15, -0.1) is 0 Å². The van der Waals surface area contributed by atoms with E-state index in [-0.39, 0.29) is 10.9 Å². The van der Waals surface area contributed by atoms with Crippen molar-refractivity contribution in [3.8, 4) is 11.5 Å². The van der Waals surface area contributed by atoms with Crippen LogP contribution in [0.4, 0.5) is 0 Å². The lowest BCUT2D eigenvalue weighted by atomic mass is 10.2. The molecule has 112 valence electrons. The summed E-state index contributed by atoms with van der Waals surface area (Å²) in [5.74, 6) is 0.903. The van der Waals surface area contributed by atoms with Crippen LogP contribution in [0.25, 0.3) is 0 Å². The van der Waals surface area contributed by atoms with Gasteiger partial charge in [0, 0.05) is 25.2 Å². The van der Waals surface area contributed by atoms with Crippen molar-refractivity contribution in [1.82, 2.24) is 4.31 Å². The summed E-state index contributed by atoms with van der Waals surface area (Å²) < 4.78 is 37.0. The third-order valence-corrected chi connectivity index (χ3v) is 5.50. The van der Waals surface area contributed by atoms with Crippen LogP contribution in [0.5, 0.6) is 11.5 Å². The van der Waals surface area contributed by atoms with Crippen molar-refractivity contribution in [3.05, 3.63) is 18.2 Å². The van der Waals surface area contributed by atoms with Gasteiger partial charge in [-0.05, 0) is 25.0 Å². The molecule has 1 fully saturated rings. The van der Waals surface area contributed by atoms with Gasteiger partial charge >= 0.3 is 0 Å². The molecule has 1 aromatic rings. The highest BCUT2D eigenvalue weighted by molar-refractivity contribution is 7.89. The highest BCUT2D eigenvalue weighted by Crippen LogP contribution is 2.32. The maximum absolute atomic E-state index is 12.6. The SMILES string of the molecule is COc1ccc(S(=O)(=O)N2CCCC2CN)cc1OC. The second-order valence-electron chi connectivity index (χ2n) is 4.66. The molecule has 1 saturated heterocycles. The second-order valence-corrected chi connectivity index (χ2v) is 6.55. The van der Waals surface area contributed by atoms with Crippen LogP contribution in [0, 0.1) is 0 Å². The molecule has 0 bridgehead atoms. The van der Waals surface area contributed by atoms with E-state index >= 15 is 0 Å². The van der Waals surface area contributed by atoms with Crippen molar-refractivity contribution in [2.75, 3.05) is 27.3 Å². The summed E-state index contributed by atoms with van der Waals surface area (Å²) in [6, 6.07) is 4.50. The minimum atomic E-state index is -3.54. The number of nitrogens with two attached hydrogens (primary N) is 1. The summed E-state index contributed by atoms with van der Waals surface area (Å²) >= 11 is 0. The van der Waals surface area contributed by atoms with Crippen molar-refractivity contribution in [1.29, 1.82) is 0 Å². The van der Waals surface area contributed by atoms with Gasteiger partial charge < -0.3 is 15.2 Å². The third-order valence-electron chi connectivity index (χ3n) is 3.56. The smallest absolute Gasteiger partial charge is 0.243 e. The molecule has 0 aromatic heterocycles. The fraction of sp³-hybridized carbons (Fsp3) is 0.538. The zero-order valence-corrected chi connectivity index (χ0v) is 12.5. The Labute approximate surface area is 119 Å². The zero-order chi connectivity index (χ0) is 14.8. The monoisotopic (exact) mass is 300 g/mol. The summed E-state index contributed by atoms with van der Waals surface area (Å²) in [5, 5.41) is 0. The first-order valence-corrected chi connectivity index (χ1v) is 7.92. The van der Waals surface area contributed by atoms with Crippen molar-refractivity contribution < 1.29 is 17.9 Å². The number of hydrogen-bond acceptors (Lipinski definition) is 5. The lowest BCUT2D eigenvalue weighted by Crippen LogP contribution is -2.39. The average Bonchev–Trinajstić information content (AvgIpc) is 2.95. The first kappa shape index (κ1) is 15.1. The Bertz CT molecular complexity index is 574. The van der Waals surface area contributed by atoms with Gasteiger partial charge in [0.25, 0.3) is 0 Å². The van der Waals surface area contributed by atoms with E-state index in [0.29, 0.717) is 24.6 Å². The molecule has 0 amide bonds. The summed E-state index contributed by atoms with van der Waals surface area (Å²) in [6.07, 6.45) is 1.65. The van der Waals surface area contributed by atoms with Crippen LogP contribution in [0.1, 0.15) is 12.8 Å². The van der Waals surface area contributed by atoms with Crippen LogP contribution < -0.4 is 15.2 Å². The van der Waals surface area contributed by atoms with Crippen LogP contribution in [0.3, 0.4) is 0 Å². The van der Waals surface area contributed by atoms with Crippen LogP contribution in [0.2, 0.25) is 0 Å². The number of sulfonamides is 1. The molecule has 1 heterocycles. The number of rotatable bonds is 5. The van der Waals surface area contributed by atoms with Crippen LogP contribution in [-0.4, -0.2) is 46.1 Å². The van der Waals surface area contributed by atoms with Gasteiger partial charge in [-0.25, -0.2) is 8.42 Å². The van der Waals surface area contributed by atoms with E-state index in [2.05, 4.69) is 0 Å². The highest BCUT2D eigenvalue weighted by Gasteiger charge is 2.34. The van der Waals surface area contributed by atoms with E-state index in [4.69, 9.17) is 15.2 Å². The molecule has 1 aliphatic heterocycles. The number of ether oxygens (including phenoxy) is 2. The molecular formula is C13H20N2O4S. The molecule has 20 heavy (non-hydrogen) atoms. The molecule has 2 rings (SSSR count). The summed E-state index contributed by atoms with van der Waals surface area (Å²) in [5.41, 5.74) is 5.65. The fourth-order valence-electron chi connectivity index (χ4n) is 2.47. The number of methoxy groups -OCH3 is 2. The van der Waals surface area contributed by atoms with Gasteiger partial charge in [0.2, 0.25) is 10.0 Å². The fourth-order valence-corrected chi connectivity index (χ4v) is 4.19. The van der Waals surface area contributed by atoms with Crippen LogP contribution >= 0.6 is 0 Å². The molecular weight excluding hydrogens is 280 g/mol. The van der Waals surface area contributed by atoms with Crippen molar-refractivity contribution >= 4 is 10.0 Å². The minimum absolute atomic E-state index is 0.118. The molecule has 1 unspecified atom stereocenters. The van der Waals surface area contributed by atoms with Crippen molar-refractivity contribution in [2.24, 2.45) is 5.73 Å². The van der Waals surface area contributed by atoms with E-state index < -0.39 is 10.0 Å². The Balaban J connectivity index is 2.39. The van der Waals surface area contributed by atoms with Gasteiger partial charge in [0.15, 0.2) is 11.5 Å². The molecule has 0 radical (unpaired) electrons. The summed E-state index contributed by atoms with van der Waals surface area (Å²) in [7, 11) is -0.550. The summed E-state index contributed by atoms with van der Waals surface area (Å²) in [4.78, 5) is 0.204. The topological polar surface area (TPSA) is 81.9 Å². The standard InChI is InChI=1S/C13H20N2O4S/c1-18-12-6-5-11(8-13(12)19-2)20(16,17)15-7-3-4-10(15)9-14/h5-6,8,10H,3-4,7,9,14H2,1-2H3. The zero-order valence-electron chi connectivity index (χ0n) is 11.7. The largest absolute Gasteiger partial charge is 0.493 e. The Morgan fingerprint density at radius 1 is 1.30 bits per heavy atom. The number of nitrogens with zero attached hydrogens (tertiary/aromatic N) is 1. The third kappa shape index (κ3) is 2.61. The van der Waals surface area contributed by atoms with E-state index in [0.717, 1.165) is 12.8 Å². The Kier molecular flexibility index (Phi) is 4.52. The normalized spacial score (nSPS) is 20.1. The van der Waals surface area contributed by atoms with Gasteiger partial charge in [-0.1, -0.05) is 0 Å². The number of hydrogen-bond donors (Lipinski definition) is 1. The summed E-state index contributed by atoms with van der Waals surface area (Å²) in [6.45, 7) is 0.852. The minimum Gasteiger partial charge on any atom is -0.493 e. The lowest BCUT2D eigenvalue weighted by Gasteiger charge is -2.23. The predicted molar refractivity (Wildman–Crippen MR) is 75.5 cm³/mol. The van der Waals surface area contributed by atoms with E-state index in [1.54, 1.807) is 6.07 Å². The lowest BCUT2D eigenvalue weighted by molar-refractivity contribution is 0.353. The maximum Gasteiger partial charge on any atom is 0.243 e. The highest BCUT2D eigenvalue weighted by atomic mass is 32.2. The van der Waals surface area contributed by atoms with Gasteiger partial charge in [-0.3, -0.25) is 0 Å². The molecule has 2 N–H and O–H groups in total. The first-order chi connectivity index (χ1) is 9.54. The van der Waals surface area contributed by atoms with Gasteiger partial charge in [0.1, 0.15) is 0 Å². The van der Waals surface area contributed by atoms with Crippen LogP contribution in [-0.2, 0) is 10.0 Å². The van der Waals surface area contributed by atoms with Crippen LogP contribution in [0.15, 0.2) is 23.1 Å². The molecule has 0 spiro atoms. The van der Waals surface area contributed by atoms with E-state index in [1.807, 2.05) is 0 Å². The van der Waals surface area contributed by atoms with E-state index in [9.17, 15) is 8.42 Å². The molecule has 1 atom stereocenters. The van der Waals surface area contributed by atoms with Gasteiger partial charge in [0.05, 0.1) is 19.1 Å². The Hall–Kier alpha value is -1.31. The average molecular weight is 300 g/mol. The van der Waals surface area contributed by atoms with Gasteiger partial charge in [-0.2, -0.15) is 4.31 Å². The second kappa shape index (κ2) is 5.99. The molecule has 6 nitrogen and oxygen atoms in total. The molecule has 7 heteroatoms. The molecule has 1 aliphatic rings. The molecule has 0 aliphatic carbocycles. The molecule has 0 saturated carbocycles. The number of benzene rings is 1. The van der Waals surface area contributed by atoms with E-state index in [1.165, 1.54) is 30.7 Å². The Morgan fingerprint density at radius 3 is 2.60 bits per heavy atom. The molecule has 1 aromatic carbocycles.